The number of rotatable bonds is 8. The van der Waals surface area contributed by atoms with Crippen molar-refractivity contribution in [3.63, 3.8) is 0 Å². The number of hydrogen-bond donors (Lipinski definition) is 0. The van der Waals surface area contributed by atoms with Crippen molar-refractivity contribution in [1.82, 2.24) is 9.21 Å². The summed E-state index contributed by atoms with van der Waals surface area (Å²) in [5.41, 5.74) is 2.50. The molecule has 1 fully saturated rings. The standard InChI is InChI=1S/C27H30FN3O4S/c1-21-7-13-24(14-8-21)36(33,34)31(19-22-9-11-23(28)12-10-22)20-27(32)30-17-15-29(16-18-30)25-5-3-4-6-26(25)35-2/h3-14H,15-20H2,1-2H3. The summed E-state index contributed by atoms with van der Waals surface area (Å²) in [4.78, 5) is 17.2. The average Bonchev–Trinajstić information content (AvgIpc) is 2.89. The number of carbonyl (C=O) groups is 1. The lowest BCUT2D eigenvalue weighted by Gasteiger charge is -2.37. The lowest BCUT2D eigenvalue weighted by atomic mass is 10.2. The Morgan fingerprint density at radius 3 is 2.22 bits per heavy atom. The highest BCUT2D eigenvalue weighted by Crippen LogP contribution is 2.28. The first kappa shape index (κ1) is 25.7. The van der Waals surface area contributed by atoms with Crippen molar-refractivity contribution in [2.45, 2.75) is 18.4 Å². The Hall–Kier alpha value is -3.43. The van der Waals surface area contributed by atoms with Gasteiger partial charge in [0.05, 0.1) is 24.2 Å². The van der Waals surface area contributed by atoms with Crippen LogP contribution in [0.3, 0.4) is 0 Å². The summed E-state index contributed by atoms with van der Waals surface area (Å²) >= 11 is 0. The molecule has 0 spiro atoms. The fourth-order valence-corrected chi connectivity index (χ4v) is 5.59. The molecule has 9 heteroatoms. The molecule has 1 heterocycles. The van der Waals surface area contributed by atoms with Crippen LogP contribution in [0.15, 0.2) is 77.7 Å². The minimum atomic E-state index is -3.96. The van der Waals surface area contributed by atoms with Gasteiger partial charge in [-0.05, 0) is 48.9 Å². The average molecular weight is 512 g/mol. The van der Waals surface area contributed by atoms with Crippen LogP contribution in [0.5, 0.6) is 5.75 Å². The largest absolute Gasteiger partial charge is 0.495 e. The zero-order valence-corrected chi connectivity index (χ0v) is 21.2. The maximum atomic E-state index is 13.5. The van der Waals surface area contributed by atoms with Crippen molar-refractivity contribution in [2.75, 3.05) is 44.7 Å². The van der Waals surface area contributed by atoms with Crippen molar-refractivity contribution in [1.29, 1.82) is 0 Å². The predicted octanol–water partition coefficient (Wildman–Crippen LogP) is 3.68. The fourth-order valence-electron chi connectivity index (χ4n) is 4.22. The van der Waals surface area contributed by atoms with Crippen LogP contribution in [0.25, 0.3) is 0 Å². The molecular weight excluding hydrogens is 481 g/mol. The summed E-state index contributed by atoms with van der Waals surface area (Å²) in [6.07, 6.45) is 0. The van der Waals surface area contributed by atoms with Gasteiger partial charge in [-0.25, -0.2) is 12.8 Å². The minimum absolute atomic E-state index is 0.0383. The molecule has 1 aliphatic heterocycles. The molecule has 0 radical (unpaired) electrons. The molecule has 0 saturated carbocycles. The van der Waals surface area contributed by atoms with Crippen molar-refractivity contribution < 1.29 is 22.3 Å². The summed E-state index contributed by atoms with van der Waals surface area (Å²) in [6, 6.07) is 19.9. The molecule has 1 aliphatic rings. The molecule has 7 nitrogen and oxygen atoms in total. The number of sulfonamides is 1. The van der Waals surface area contributed by atoms with E-state index >= 15 is 0 Å². The van der Waals surface area contributed by atoms with E-state index in [1.54, 1.807) is 36.3 Å². The third-order valence-electron chi connectivity index (χ3n) is 6.30. The highest BCUT2D eigenvalue weighted by atomic mass is 32.2. The predicted molar refractivity (Wildman–Crippen MR) is 137 cm³/mol. The third kappa shape index (κ3) is 5.85. The van der Waals surface area contributed by atoms with Crippen molar-refractivity contribution in [3.05, 3.63) is 89.7 Å². The molecule has 3 aromatic carbocycles. The monoisotopic (exact) mass is 511 g/mol. The van der Waals surface area contributed by atoms with E-state index in [9.17, 15) is 17.6 Å². The van der Waals surface area contributed by atoms with Gasteiger partial charge in [-0.15, -0.1) is 0 Å². The van der Waals surface area contributed by atoms with E-state index in [1.807, 2.05) is 31.2 Å². The first-order chi connectivity index (χ1) is 17.3. The molecule has 0 atom stereocenters. The molecule has 4 rings (SSSR count). The van der Waals surface area contributed by atoms with Crippen LogP contribution in [0.2, 0.25) is 0 Å². The lowest BCUT2D eigenvalue weighted by molar-refractivity contribution is -0.131. The van der Waals surface area contributed by atoms with Gasteiger partial charge in [0, 0.05) is 32.7 Å². The van der Waals surface area contributed by atoms with Crippen molar-refractivity contribution >= 4 is 21.6 Å². The Balaban J connectivity index is 1.50. The highest BCUT2D eigenvalue weighted by molar-refractivity contribution is 7.89. The molecule has 1 saturated heterocycles. The number of carbonyl (C=O) groups excluding carboxylic acids is 1. The van der Waals surface area contributed by atoms with E-state index < -0.39 is 15.8 Å². The van der Waals surface area contributed by atoms with Crippen LogP contribution in [0, 0.1) is 12.7 Å². The Kier molecular flexibility index (Phi) is 7.91. The molecule has 0 aliphatic carbocycles. The fraction of sp³-hybridized carbons (Fsp3) is 0.296. The molecule has 0 unspecified atom stereocenters. The van der Waals surface area contributed by atoms with Gasteiger partial charge in [0.1, 0.15) is 11.6 Å². The topological polar surface area (TPSA) is 70.2 Å². The van der Waals surface area contributed by atoms with Gasteiger partial charge < -0.3 is 14.5 Å². The second kappa shape index (κ2) is 11.1. The number of aryl methyl sites for hydroxylation is 1. The number of hydrogen-bond acceptors (Lipinski definition) is 5. The number of ether oxygens (including phenoxy) is 1. The Bertz CT molecular complexity index is 1290. The number of benzene rings is 3. The Morgan fingerprint density at radius 1 is 0.944 bits per heavy atom. The zero-order valence-electron chi connectivity index (χ0n) is 20.4. The van der Waals surface area contributed by atoms with Crippen LogP contribution >= 0.6 is 0 Å². The summed E-state index contributed by atoms with van der Waals surface area (Å²) in [5, 5.41) is 0. The molecule has 36 heavy (non-hydrogen) atoms. The molecule has 190 valence electrons. The SMILES string of the molecule is COc1ccccc1N1CCN(C(=O)CN(Cc2ccc(F)cc2)S(=O)(=O)c2ccc(C)cc2)CC1. The number of piperazine rings is 1. The van der Waals surface area contributed by atoms with Gasteiger partial charge in [-0.1, -0.05) is 42.0 Å². The van der Waals surface area contributed by atoms with E-state index in [-0.39, 0.29) is 23.9 Å². The quantitative estimate of drug-likeness (QED) is 0.462. The van der Waals surface area contributed by atoms with Crippen LogP contribution < -0.4 is 9.64 Å². The Labute approximate surface area is 211 Å². The minimum Gasteiger partial charge on any atom is -0.495 e. The van der Waals surface area contributed by atoms with Crippen LogP contribution in [-0.4, -0.2) is 63.4 Å². The number of anilines is 1. The maximum Gasteiger partial charge on any atom is 0.243 e. The number of halogens is 1. The normalized spacial score (nSPS) is 14.2. The number of nitrogens with zero attached hydrogens (tertiary/aromatic N) is 3. The van der Waals surface area contributed by atoms with E-state index in [4.69, 9.17) is 4.74 Å². The van der Waals surface area contributed by atoms with Gasteiger partial charge in [0.25, 0.3) is 0 Å². The molecule has 0 bridgehead atoms. The summed E-state index contributed by atoms with van der Waals surface area (Å²) < 4.78 is 47.0. The van der Waals surface area contributed by atoms with E-state index in [0.717, 1.165) is 17.0 Å². The van der Waals surface area contributed by atoms with E-state index in [1.165, 1.54) is 28.6 Å². The third-order valence-corrected chi connectivity index (χ3v) is 8.11. The molecule has 0 N–H and O–H groups in total. The second-order valence-electron chi connectivity index (χ2n) is 8.75. The van der Waals surface area contributed by atoms with Crippen LogP contribution in [-0.2, 0) is 21.4 Å². The Morgan fingerprint density at radius 2 is 1.58 bits per heavy atom. The summed E-state index contributed by atoms with van der Waals surface area (Å²) in [6.45, 7) is 3.67. The van der Waals surface area contributed by atoms with Gasteiger partial charge in [0.2, 0.25) is 15.9 Å². The van der Waals surface area contributed by atoms with Gasteiger partial charge in [-0.3, -0.25) is 4.79 Å². The second-order valence-corrected chi connectivity index (χ2v) is 10.7. The molecule has 1 amide bonds. The van der Waals surface area contributed by atoms with Crippen LogP contribution in [0.1, 0.15) is 11.1 Å². The first-order valence-electron chi connectivity index (χ1n) is 11.7. The van der Waals surface area contributed by atoms with Crippen LogP contribution in [0.4, 0.5) is 10.1 Å². The lowest BCUT2D eigenvalue weighted by Crippen LogP contribution is -2.51. The van der Waals surface area contributed by atoms with Crippen molar-refractivity contribution in [2.24, 2.45) is 0 Å². The highest BCUT2D eigenvalue weighted by Gasteiger charge is 2.30. The first-order valence-corrected chi connectivity index (χ1v) is 13.2. The van der Waals surface area contributed by atoms with Gasteiger partial charge >= 0.3 is 0 Å². The van der Waals surface area contributed by atoms with E-state index in [2.05, 4.69) is 4.90 Å². The van der Waals surface area contributed by atoms with Crippen molar-refractivity contribution in [3.8, 4) is 5.75 Å². The van der Waals surface area contributed by atoms with Gasteiger partial charge in [-0.2, -0.15) is 4.31 Å². The molecule has 0 aromatic heterocycles. The number of methoxy groups -OCH3 is 1. The zero-order chi connectivity index (χ0) is 25.7. The smallest absolute Gasteiger partial charge is 0.243 e. The number of para-hydroxylation sites is 2. The van der Waals surface area contributed by atoms with E-state index in [0.29, 0.717) is 31.7 Å². The summed E-state index contributed by atoms with van der Waals surface area (Å²) in [7, 11) is -2.33. The molecule has 3 aromatic rings. The summed E-state index contributed by atoms with van der Waals surface area (Å²) in [5.74, 6) is 0.0927. The molecular formula is C27H30FN3O4S. The maximum absolute atomic E-state index is 13.5. The van der Waals surface area contributed by atoms with Gasteiger partial charge in [0.15, 0.2) is 0 Å². The number of amides is 1.